The number of carboxylic acids is 1. The number of carboxylic acid groups (broad SMARTS) is 1. The molecule has 82 valence electrons. The molecule has 0 aliphatic carbocycles. The molecule has 1 unspecified atom stereocenters. The summed E-state index contributed by atoms with van der Waals surface area (Å²) in [6.45, 7) is 3.42. The van der Waals surface area contributed by atoms with Crippen LogP contribution in [0.3, 0.4) is 0 Å². The highest BCUT2D eigenvalue weighted by Gasteiger charge is 2.17. The average Bonchev–Trinajstić information content (AvgIpc) is 2.16. The van der Waals surface area contributed by atoms with Gasteiger partial charge in [0.1, 0.15) is 0 Å². The van der Waals surface area contributed by atoms with E-state index >= 15 is 0 Å². The Labute approximate surface area is 88.8 Å². The molecule has 1 aromatic heterocycles. The molecular weight excluding hydrogens is 194 g/mol. The minimum atomic E-state index is -0.862. The fraction of sp³-hybridized carbons (Fsp3) is 0.500. The molecule has 0 radical (unpaired) electrons. The third-order valence-electron chi connectivity index (χ3n) is 2.24. The minimum absolute atomic E-state index is 0.568. The molecule has 1 aromatic rings. The molecule has 1 heterocycles. The van der Waals surface area contributed by atoms with Crippen LogP contribution in [0, 0.1) is 6.92 Å². The Morgan fingerprint density at radius 1 is 1.53 bits per heavy atom. The van der Waals surface area contributed by atoms with Crippen molar-refractivity contribution in [3.05, 3.63) is 17.5 Å². The van der Waals surface area contributed by atoms with E-state index in [4.69, 9.17) is 5.11 Å². The molecule has 0 aliphatic rings. The average molecular weight is 209 g/mol. The summed E-state index contributed by atoms with van der Waals surface area (Å²) in [5.74, 6) is -0.839. The molecule has 1 rings (SSSR count). The molecule has 1 atom stereocenters. The lowest BCUT2D eigenvalue weighted by Crippen LogP contribution is -2.16. The van der Waals surface area contributed by atoms with Crippen LogP contribution in [0.25, 0.3) is 0 Å². The highest BCUT2D eigenvalue weighted by atomic mass is 16.4. The number of nitrogens with zero attached hydrogens (tertiary/aromatic N) is 3. The summed E-state index contributed by atoms with van der Waals surface area (Å²) >= 11 is 0. The van der Waals surface area contributed by atoms with Crippen molar-refractivity contribution in [2.45, 2.75) is 19.8 Å². The molecule has 0 aromatic carbocycles. The van der Waals surface area contributed by atoms with Gasteiger partial charge in [0.2, 0.25) is 5.95 Å². The Bertz CT molecular complexity index is 377. The Morgan fingerprint density at radius 2 is 2.13 bits per heavy atom. The van der Waals surface area contributed by atoms with Crippen LogP contribution in [0.2, 0.25) is 0 Å². The Hall–Kier alpha value is -1.65. The van der Waals surface area contributed by atoms with Crippen molar-refractivity contribution >= 4 is 11.9 Å². The number of aromatic nitrogens is 2. The second-order valence-corrected chi connectivity index (χ2v) is 3.67. The molecule has 0 saturated heterocycles. The largest absolute Gasteiger partial charge is 0.481 e. The summed E-state index contributed by atoms with van der Waals surface area (Å²) in [5.41, 5.74) is 1.37. The van der Waals surface area contributed by atoms with Crippen LogP contribution < -0.4 is 4.90 Å². The van der Waals surface area contributed by atoms with Gasteiger partial charge in [0.15, 0.2) is 0 Å². The maximum Gasteiger partial charge on any atom is 0.310 e. The predicted octanol–water partition coefficient (Wildman–Crippen LogP) is 1.04. The summed E-state index contributed by atoms with van der Waals surface area (Å²) in [6.07, 6.45) is 1.58. The molecule has 15 heavy (non-hydrogen) atoms. The lowest BCUT2D eigenvalue weighted by atomic mass is 10.0. The van der Waals surface area contributed by atoms with Crippen molar-refractivity contribution in [1.82, 2.24) is 9.97 Å². The second kappa shape index (κ2) is 4.25. The fourth-order valence-corrected chi connectivity index (χ4v) is 1.24. The van der Waals surface area contributed by atoms with Gasteiger partial charge in [-0.25, -0.2) is 9.97 Å². The van der Waals surface area contributed by atoms with E-state index in [1.807, 2.05) is 14.1 Å². The maximum absolute atomic E-state index is 10.8. The van der Waals surface area contributed by atoms with Gasteiger partial charge in [0, 0.05) is 31.5 Å². The molecule has 0 bridgehead atoms. The van der Waals surface area contributed by atoms with Crippen LogP contribution >= 0.6 is 0 Å². The van der Waals surface area contributed by atoms with E-state index in [1.54, 1.807) is 24.9 Å². The summed E-state index contributed by atoms with van der Waals surface area (Å²) in [6, 6.07) is 0. The topological polar surface area (TPSA) is 66.3 Å². The van der Waals surface area contributed by atoms with Crippen LogP contribution in [-0.2, 0) is 4.79 Å². The zero-order chi connectivity index (χ0) is 11.6. The molecular formula is C10H15N3O2. The molecule has 5 nitrogen and oxygen atoms in total. The standard InChI is InChI=1S/C10H15N3O2/c1-6(9(14)15)8-5-11-10(13(3)4)12-7(8)2/h5-6H,1-4H3,(H,14,15). The van der Waals surface area contributed by atoms with Crippen LogP contribution in [0.4, 0.5) is 5.95 Å². The van der Waals surface area contributed by atoms with Crippen molar-refractivity contribution in [3.63, 3.8) is 0 Å². The summed E-state index contributed by atoms with van der Waals surface area (Å²) in [7, 11) is 3.68. The first-order valence-corrected chi connectivity index (χ1v) is 4.67. The lowest BCUT2D eigenvalue weighted by Gasteiger charge is -2.14. The molecule has 0 amide bonds. The van der Waals surface area contributed by atoms with Gasteiger partial charge in [0.25, 0.3) is 0 Å². The van der Waals surface area contributed by atoms with Crippen LogP contribution in [0.15, 0.2) is 6.20 Å². The first-order valence-electron chi connectivity index (χ1n) is 4.67. The van der Waals surface area contributed by atoms with Gasteiger partial charge in [-0.2, -0.15) is 0 Å². The quantitative estimate of drug-likeness (QED) is 0.805. The zero-order valence-electron chi connectivity index (χ0n) is 9.35. The van der Waals surface area contributed by atoms with E-state index in [2.05, 4.69) is 9.97 Å². The Kier molecular flexibility index (Phi) is 3.24. The monoisotopic (exact) mass is 209 g/mol. The summed E-state index contributed by atoms with van der Waals surface area (Å²) < 4.78 is 0. The van der Waals surface area contributed by atoms with Crippen LogP contribution in [0.5, 0.6) is 0 Å². The van der Waals surface area contributed by atoms with Gasteiger partial charge in [-0.3, -0.25) is 4.79 Å². The van der Waals surface area contributed by atoms with Crippen molar-refractivity contribution in [2.75, 3.05) is 19.0 Å². The van der Waals surface area contributed by atoms with E-state index in [0.717, 1.165) is 0 Å². The lowest BCUT2D eigenvalue weighted by molar-refractivity contribution is -0.138. The highest BCUT2D eigenvalue weighted by Crippen LogP contribution is 2.18. The Balaban J connectivity index is 3.08. The number of hydrogen-bond donors (Lipinski definition) is 1. The fourth-order valence-electron chi connectivity index (χ4n) is 1.24. The van der Waals surface area contributed by atoms with Gasteiger partial charge in [-0.05, 0) is 13.8 Å². The van der Waals surface area contributed by atoms with Crippen LogP contribution in [0.1, 0.15) is 24.1 Å². The number of aliphatic carboxylic acids is 1. The third kappa shape index (κ3) is 2.43. The number of carbonyl (C=O) groups is 1. The van der Waals surface area contributed by atoms with Gasteiger partial charge in [-0.15, -0.1) is 0 Å². The molecule has 0 spiro atoms. The van der Waals surface area contributed by atoms with Crippen molar-refractivity contribution in [1.29, 1.82) is 0 Å². The number of rotatable bonds is 3. The molecule has 5 heteroatoms. The zero-order valence-corrected chi connectivity index (χ0v) is 9.35. The summed E-state index contributed by atoms with van der Waals surface area (Å²) in [4.78, 5) is 20.9. The van der Waals surface area contributed by atoms with Crippen molar-refractivity contribution < 1.29 is 9.90 Å². The first kappa shape index (κ1) is 11.4. The van der Waals surface area contributed by atoms with Crippen LogP contribution in [-0.4, -0.2) is 35.1 Å². The SMILES string of the molecule is Cc1nc(N(C)C)ncc1C(C)C(=O)O. The maximum atomic E-state index is 10.8. The van der Waals surface area contributed by atoms with Crippen molar-refractivity contribution in [2.24, 2.45) is 0 Å². The van der Waals surface area contributed by atoms with E-state index in [0.29, 0.717) is 17.2 Å². The van der Waals surface area contributed by atoms with E-state index in [1.165, 1.54) is 0 Å². The van der Waals surface area contributed by atoms with Crippen molar-refractivity contribution in [3.8, 4) is 0 Å². The van der Waals surface area contributed by atoms with Gasteiger partial charge in [0.05, 0.1) is 5.92 Å². The number of hydrogen-bond acceptors (Lipinski definition) is 4. The van der Waals surface area contributed by atoms with Gasteiger partial charge < -0.3 is 10.0 Å². The molecule has 1 N–H and O–H groups in total. The predicted molar refractivity (Wildman–Crippen MR) is 57.1 cm³/mol. The van der Waals surface area contributed by atoms with Gasteiger partial charge in [-0.1, -0.05) is 0 Å². The van der Waals surface area contributed by atoms with E-state index in [-0.39, 0.29) is 0 Å². The second-order valence-electron chi connectivity index (χ2n) is 3.67. The first-order chi connectivity index (χ1) is 6.93. The Morgan fingerprint density at radius 3 is 2.53 bits per heavy atom. The molecule has 0 aliphatic heterocycles. The summed E-state index contributed by atoms with van der Waals surface area (Å²) in [5, 5.41) is 8.87. The number of anilines is 1. The smallest absolute Gasteiger partial charge is 0.310 e. The van der Waals surface area contributed by atoms with E-state index in [9.17, 15) is 4.79 Å². The third-order valence-corrected chi connectivity index (χ3v) is 2.24. The minimum Gasteiger partial charge on any atom is -0.481 e. The normalized spacial score (nSPS) is 12.3. The van der Waals surface area contributed by atoms with E-state index < -0.39 is 11.9 Å². The number of aryl methyl sites for hydroxylation is 1. The molecule has 0 saturated carbocycles. The van der Waals surface area contributed by atoms with Gasteiger partial charge >= 0.3 is 5.97 Å². The highest BCUT2D eigenvalue weighted by molar-refractivity contribution is 5.75. The molecule has 0 fully saturated rings.